The minimum atomic E-state index is 0.772. The maximum absolute atomic E-state index is 2.30. The third-order valence-electron chi connectivity index (χ3n) is 2.03. The molecule has 1 aliphatic carbocycles. The Kier molecular flexibility index (Phi) is 1.75. The second kappa shape index (κ2) is 2.38. The summed E-state index contributed by atoms with van der Waals surface area (Å²) in [4.78, 5) is 0. The zero-order valence-electron chi connectivity index (χ0n) is 6.44. The van der Waals surface area contributed by atoms with Crippen LogP contribution < -0.4 is 0 Å². The van der Waals surface area contributed by atoms with Crippen LogP contribution >= 0.6 is 0 Å². The Balaban J connectivity index is 2.74. The smallest absolute Gasteiger partial charge is 0.0196 e. The van der Waals surface area contributed by atoms with Crippen molar-refractivity contribution < 1.29 is 0 Å². The molecule has 0 nitrogen and oxygen atoms in total. The first-order chi connectivity index (χ1) is 4.20. The normalized spacial score (nSPS) is 27.2. The molecule has 0 heterocycles. The van der Waals surface area contributed by atoms with Crippen molar-refractivity contribution in [2.24, 2.45) is 5.92 Å². The van der Waals surface area contributed by atoms with E-state index in [-0.39, 0.29) is 0 Å². The third kappa shape index (κ3) is 1.44. The number of hydrogen-bond donors (Lipinski definition) is 0. The van der Waals surface area contributed by atoms with Gasteiger partial charge in [0.1, 0.15) is 0 Å². The van der Waals surface area contributed by atoms with Gasteiger partial charge in [-0.3, -0.25) is 0 Å². The summed E-state index contributed by atoms with van der Waals surface area (Å²) in [6.07, 6.45) is 5.81. The van der Waals surface area contributed by atoms with Gasteiger partial charge in [-0.15, -0.1) is 0 Å². The van der Waals surface area contributed by atoms with E-state index in [0.29, 0.717) is 0 Å². The molecule has 0 aromatic heterocycles. The van der Waals surface area contributed by atoms with Crippen LogP contribution in [0, 0.1) is 5.92 Å². The molecule has 0 spiro atoms. The SMILES string of the molecule is CC1=CCC(C)C(C)=C1. The molecule has 1 unspecified atom stereocenters. The summed E-state index contributed by atoms with van der Waals surface area (Å²) in [5.74, 6) is 0.772. The van der Waals surface area contributed by atoms with Crippen LogP contribution in [0.15, 0.2) is 23.3 Å². The number of hydrogen-bond acceptors (Lipinski definition) is 0. The van der Waals surface area contributed by atoms with E-state index in [1.54, 1.807) is 0 Å². The van der Waals surface area contributed by atoms with Crippen LogP contribution in [0.4, 0.5) is 0 Å². The van der Waals surface area contributed by atoms with Gasteiger partial charge < -0.3 is 0 Å². The molecule has 0 aromatic rings. The van der Waals surface area contributed by atoms with Crippen LogP contribution in [0.25, 0.3) is 0 Å². The van der Waals surface area contributed by atoms with Gasteiger partial charge in [0.2, 0.25) is 0 Å². The van der Waals surface area contributed by atoms with Gasteiger partial charge in [0.25, 0.3) is 0 Å². The molecule has 0 aliphatic heterocycles. The molecule has 1 aliphatic rings. The monoisotopic (exact) mass is 122 g/mol. The second-order valence-electron chi connectivity index (χ2n) is 2.97. The summed E-state index contributed by atoms with van der Waals surface area (Å²) >= 11 is 0. The molecule has 0 fully saturated rings. The quantitative estimate of drug-likeness (QED) is 0.463. The van der Waals surface area contributed by atoms with Gasteiger partial charge in [-0.05, 0) is 26.2 Å². The number of rotatable bonds is 0. The lowest BCUT2D eigenvalue weighted by Gasteiger charge is -2.14. The molecule has 1 atom stereocenters. The van der Waals surface area contributed by atoms with Crippen LogP contribution in [-0.2, 0) is 0 Å². The summed E-state index contributed by atoms with van der Waals surface area (Å²) < 4.78 is 0. The number of allylic oxidation sites excluding steroid dienone is 4. The molecule has 0 heteroatoms. The predicted octanol–water partition coefficient (Wildman–Crippen LogP) is 2.92. The summed E-state index contributed by atoms with van der Waals surface area (Å²) in [6, 6.07) is 0. The third-order valence-corrected chi connectivity index (χ3v) is 2.03. The van der Waals surface area contributed by atoms with Gasteiger partial charge in [-0.2, -0.15) is 0 Å². The van der Waals surface area contributed by atoms with Crippen LogP contribution in [0.3, 0.4) is 0 Å². The minimum Gasteiger partial charge on any atom is -0.0810 e. The average Bonchev–Trinajstić information content (AvgIpc) is 1.80. The van der Waals surface area contributed by atoms with E-state index in [9.17, 15) is 0 Å². The Morgan fingerprint density at radius 1 is 1.44 bits per heavy atom. The molecule has 0 bridgehead atoms. The lowest BCUT2D eigenvalue weighted by Crippen LogP contribution is -1.99. The topological polar surface area (TPSA) is 0 Å². The van der Waals surface area contributed by atoms with E-state index in [2.05, 4.69) is 32.9 Å². The summed E-state index contributed by atoms with van der Waals surface area (Å²) in [5, 5.41) is 0. The highest BCUT2D eigenvalue weighted by atomic mass is 14.1. The Bertz CT molecular complexity index is 161. The van der Waals surface area contributed by atoms with Crippen molar-refractivity contribution >= 4 is 0 Å². The first-order valence-electron chi connectivity index (χ1n) is 3.55. The van der Waals surface area contributed by atoms with Crippen molar-refractivity contribution in [3.05, 3.63) is 23.3 Å². The molecule has 0 N–H and O–H groups in total. The van der Waals surface area contributed by atoms with Gasteiger partial charge in [0.15, 0.2) is 0 Å². The van der Waals surface area contributed by atoms with Crippen LogP contribution in [0.1, 0.15) is 27.2 Å². The van der Waals surface area contributed by atoms with Crippen molar-refractivity contribution in [3.8, 4) is 0 Å². The van der Waals surface area contributed by atoms with E-state index in [0.717, 1.165) is 5.92 Å². The first-order valence-corrected chi connectivity index (χ1v) is 3.55. The van der Waals surface area contributed by atoms with Crippen LogP contribution in [0.5, 0.6) is 0 Å². The van der Waals surface area contributed by atoms with Gasteiger partial charge in [0.05, 0.1) is 0 Å². The second-order valence-corrected chi connectivity index (χ2v) is 2.97. The maximum Gasteiger partial charge on any atom is -0.0196 e. The summed E-state index contributed by atoms with van der Waals surface area (Å²) in [6.45, 7) is 6.64. The largest absolute Gasteiger partial charge is 0.0810 e. The molecule has 0 aromatic carbocycles. The van der Waals surface area contributed by atoms with Crippen molar-refractivity contribution in [1.82, 2.24) is 0 Å². The zero-order chi connectivity index (χ0) is 6.85. The van der Waals surface area contributed by atoms with Gasteiger partial charge in [-0.25, -0.2) is 0 Å². The van der Waals surface area contributed by atoms with Crippen molar-refractivity contribution in [2.45, 2.75) is 27.2 Å². The lowest BCUT2D eigenvalue weighted by atomic mass is 9.92. The Morgan fingerprint density at radius 3 is 2.56 bits per heavy atom. The standard InChI is InChI=1S/C9H14/c1-7-4-5-8(2)9(3)6-7/h4,6,8H,5H2,1-3H3. The zero-order valence-corrected chi connectivity index (χ0v) is 6.44. The molecule has 0 saturated heterocycles. The molecular weight excluding hydrogens is 108 g/mol. The fourth-order valence-corrected chi connectivity index (χ4v) is 1.11. The maximum atomic E-state index is 2.30. The Morgan fingerprint density at radius 2 is 2.11 bits per heavy atom. The van der Waals surface area contributed by atoms with Crippen LogP contribution in [0.2, 0.25) is 0 Å². The highest BCUT2D eigenvalue weighted by molar-refractivity contribution is 5.26. The van der Waals surface area contributed by atoms with Gasteiger partial charge >= 0.3 is 0 Å². The summed E-state index contributed by atoms with van der Waals surface area (Å²) in [5.41, 5.74) is 2.94. The fourth-order valence-electron chi connectivity index (χ4n) is 1.11. The molecular formula is C9H14. The van der Waals surface area contributed by atoms with Gasteiger partial charge in [0, 0.05) is 0 Å². The van der Waals surface area contributed by atoms with Gasteiger partial charge in [-0.1, -0.05) is 30.2 Å². The highest BCUT2D eigenvalue weighted by Crippen LogP contribution is 2.21. The van der Waals surface area contributed by atoms with Crippen molar-refractivity contribution in [2.75, 3.05) is 0 Å². The minimum absolute atomic E-state index is 0.772. The average molecular weight is 122 g/mol. The lowest BCUT2D eigenvalue weighted by molar-refractivity contribution is 0.681. The van der Waals surface area contributed by atoms with Crippen molar-refractivity contribution in [1.29, 1.82) is 0 Å². The van der Waals surface area contributed by atoms with E-state index in [1.807, 2.05) is 0 Å². The molecule has 0 amide bonds. The fraction of sp³-hybridized carbons (Fsp3) is 0.556. The molecule has 0 saturated carbocycles. The summed E-state index contributed by atoms with van der Waals surface area (Å²) in [7, 11) is 0. The van der Waals surface area contributed by atoms with E-state index >= 15 is 0 Å². The molecule has 0 radical (unpaired) electrons. The van der Waals surface area contributed by atoms with Crippen LogP contribution in [-0.4, -0.2) is 0 Å². The van der Waals surface area contributed by atoms with E-state index in [4.69, 9.17) is 0 Å². The Hall–Kier alpha value is -0.520. The molecule has 50 valence electrons. The first kappa shape index (κ1) is 6.60. The van der Waals surface area contributed by atoms with Crippen molar-refractivity contribution in [3.63, 3.8) is 0 Å². The van der Waals surface area contributed by atoms with E-state index < -0.39 is 0 Å². The Labute approximate surface area is 57.3 Å². The molecule has 1 rings (SSSR count). The predicted molar refractivity (Wildman–Crippen MR) is 41.3 cm³/mol. The molecule has 9 heavy (non-hydrogen) atoms. The van der Waals surface area contributed by atoms with E-state index in [1.165, 1.54) is 17.6 Å². The highest BCUT2D eigenvalue weighted by Gasteiger charge is 2.05.